The second-order valence-electron chi connectivity index (χ2n) is 7.44. The van der Waals surface area contributed by atoms with Gasteiger partial charge in [-0.2, -0.15) is 0 Å². The molecule has 5 nitrogen and oxygen atoms in total. The molecule has 0 aromatic heterocycles. The number of hydrogen-bond acceptors (Lipinski definition) is 5. The molecule has 2 aliphatic heterocycles. The maximum atomic E-state index is 13.5. The molecule has 0 spiro atoms. The van der Waals surface area contributed by atoms with Crippen LogP contribution in [0.2, 0.25) is 0 Å². The van der Waals surface area contributed by atoms with E-state index >= 15 is 0 Å². The summed E-state index contributed by atoms with van der Waals surface area (Å²) < 4.78 is 25.1. The molecule has 0 N–H and O–H groups in total. The molecule has 4 rings (SSSR count). The average Bonchev–Trinajstić information content (AvgIpc) is 3.25. The Kier molecular flexibility index (Phi) is 6.20. The first-order valence-electron chi connectivity index (χ1n) is 10.2. The average molecular weight is 397 g/mol. The number of nitrogens with zero attached hydrogens (tertiary/aromatic N) is 3. The van der Waals surface area contributed by atoms with Gasteiger partial charge in [-0.05, 0) is 56.3 Å². The summed E-state index contributed by atoms with van der Waals surface area (Å²) in [5.41, 5.74) is 1.84. The highest BCUT2D eigenvalue weighted by Crippen LogP contribution is 2.33. The molecule has 29 heavy (non-hydrogen) atoms. The van der Waals surface area contributed by atoms with Gasteiger partial charge in [0.15, 0.2) is 11.5 Å². The van der Waals surface area contributed by atoms with Gasteiger partial charge >= 0.3 is 0 Å². The number of halogens is 1. The lowest BCUT2D eigenvalue weighted by Crippen LogP contribution is -2.33. The van der Waals surface area contributed by atoms with Crippen LogP contribution in [0, 0.1) is 5.82 Å². The monoisotopic (exact) mass is 397 g/mol. The van der Waals surface area contributed by atoms with Gasteiger partial charge in [0.25, 0.3) is 0 Å². The summed E-state index contributed by atoms with van der Waals surface area (Å²) in [6.07, 6.45) is 7.84. The lowest BCUT2D eigenvalue weighted by atomic mass is 10.1. The maximum absolute atomic E-state index is 13.5. The number of anilines is 2. The number of piperidine rings is 1. The van der Waals surface area contributed by atoms with E-state index in [4.69, 9.17) is 9.47 Å². The van der Waals surface area contributed by atoms with Crippen LogP contribution < -0.4 is 19.3 Å². The highest BCUT2D eigenvalue weighted by molar-refractivity contribution is 5.62. The second kappa shape index (κ2) is 9.18. The minimum atomic E-state index is -0.233. The number of likely N-dealkylation sites (tertiary alicyclic amines) is 1. The van der Waals surface area contributed by atoms with Crippen LogP contribution >= 0.6 is 0 Å². The summed E-state index contributed by atoms with van der Waals surface area (Å²) in [6.45, 7) is 4.52. The first-order valence-corrected chi connectivity index (χ1v) is 10.2. The molecule has 6 heteroatoms. The fraction of sp³-hybridized carbons (Fsp3) is 0.391. The molecule has 0 saturated carbocycles. The zero-order valence-electron chi connectivity index (χ0n) is 16.9. The largest absolute Gasteiger partial charge is 0.493 e. The summed E-state index contributed by atoms with van der Waals surface area (Å²) in [7, 11) is 1.66. The van der Waals surface area contributed by atoms with Crippen LogP contribution in [0.4, 0.5) is 15.8 Å². The second-order valence-corrected chi connectivity index (χ2v) is 7.44. The van der Waals surface area contributed by atoms with E-state index in [9.17, 15) is 4.39 Å². The van der Waals surface area contributed by atoms with Gasteiger partial charge in [0.2, 0.25) is 0 Å². The molecule has 0 atom stereocenters. The van der Waals surface area contributed by atoms with Crippen molar-refractivity contribution in [3.05, 3.63) is 60.7 Å². The Hall–Kier alpha value is -2.73. The third-order valence-electron chi connectivity index (χ3n) is 5.46. The fourth-order valence-electron chi connectivity index (χ4n) is 3.83. The Morgan fingerprint density at radius 3 is 2.38 bits per heavy atom. The van der Waals surface area contributed by atoms with E-state index in [-0.39, 0.29) is 5.82 Å². The van der Waals surface area contributed by atoms with Crippen molar-refractivity contribution in [2.45, 2.75) is 19.3 Å². The van der Waals surface area contributed by atoms with Crippen molar-refractivity contribution in [3.8, 4) is 11.5 Å². The van der Waals surface area contributed by atoms with Crippen molar-refractivity contribution < 1.29 is 13.9 Å². The van der Waals surface area contributed by atoms with Crippen LogP contribution in [0.1, 0.15) is 19.3 Å². The standard InChI is InChI=1S/C23H28FN3O2/c1-28-22-9-8-21(17-23(22)29-15-14-25-10-3-2-4-11-25)27-13-12-26(18-27)20-7-5-6-19(24)16-20/h5-9,12-13,16-17H,2-4,10-11,14-15,18H2,1H3. The summed E-state index contributed by atoms with van der Waals surface area (Å²) in [4.78, 5) is 6.56. The Balaban J connectivity index is 1.40. The topological polar surface area (TPSA) is 28.2 Å². The number of methoxy groups -OCH3 is 1. The molecule has 2 aromatic carbocycles. The summed E-state index contributed by atoms with van der Waals surface area (Å²) >= 11 is 0. The Morgan fingerprint density at radius 1 is 0.897 bits per heavy atom. The van der Waals surface area contributed by atoms with Gasteiger partial charge in [-0.25, -0.2) is 4.39 Å². The van der Waals surface area contributed by atoms with Crippen LogP contribution in [0.25, 0.3) is 0 Å². The van der Waals surface area contributed by atoms with E-state index in [1.54, 1.807) is 13.2 Å². The van der Waals surface area contributed by atoms with E-state index in [0.717, 1.165) is 42.5 Å². The van der Waals surface area contributed by atoms with Crippen LogP contribution in [-0.2, 0) is 0 Å². The van der Waals surface area contributed by atoms with Gasteiger partial charge in [0.05, 0.1) is 13.8 Å². The highest BCUT2D eigenvalue weighted by Gasteiger charge is 2.18. The van der Waals surface area contributed by atoms with Crippen LogP contribution in [-0.4, -0.2) is 44.9 Å². The number of ether oxygens (including phenoxy) is 2. The molecule has 0 bridgehead atoms. The van der Waals surface area contributed by atoms with Crippen molar-refractivity contribution in [2.75, 3.05) is 49.8 Å². The minimum Gasteiger partial charge on any atom is -0.493 e. The van der Waals surface area contributed by atoms with E-state index < -0.39 is 0 Å². The molecule has 2 aliphatic rings. The fourth-order valence-corrected chi connectivity index (χ4v) is 3.83. The molecule has 2 heterocycles. The van der Waals surface area contributed by atoms with Gasteiger partial charge in [-0.3, -0.25) is 4.90 Å². The van der Waals surface area contributed by atoms with Gasteiger partial charge in [0.1, 0.15) is 12.4 Å². The Bertz CT molecular complexity index is 852. The summed E-state index contributed by atoms with van der Waals surface area (Å²) in [5, 5.41) is 0. The minimum absolute atomic E-state index is 0.233. The van der Waals surface area contributed by atoms with Crippen molar-refractivity contribution in [1.82, 2.24) is 4.90 Å². The van der Waals surface area contributed by atoms with Gasteiger partial charge in [-0.1, -0.05) is 12.5 Å². The van der Waals surface area contributed by atoms with Crippen molar-refractivity contribution in [2.24, 2.45) is 0 Å². The molecule has 1 saturated heterocycles. The van der Waals surface area contributed by atoms with Crippen molar-refractivity contribution >= 4 is 11.4 Å². The van der Waals surface area contributed by atoms with E-state index in [0.29, 0.717) is 13.3 Å². The van der Waals surface area contributed by atoms with E-state index in [1.165, 1.54) is 31.4 Å². The molecule has 0 unspecified atom stereocenters. The number of rotatable bonds is 7. The van der Waals surface area contributed by atoms with Crippen LogP contribution in [0.15, 0.2) is 54.9 Å². The maximum Gasteiger partial charge on any atom is 0.163 e. The number of benzene rings is 2. The molecule has 0 amide bonds. The molecule has 154 valence electrons. The van der Waals surface area contributed by atoms with Crippen molar-refractivity contribution in [1.29, 1.82) is 0 Å². The predicted octanol–water partition coefficient (Wildman–Crippen LogP) is 4.45. The highest BCUT2D eigenvalue weighted by atomic mass is 19.1. The predicted molar refractivity (Wildman–Crippen MR) is 114 cm³/mol. The first kappa shape index (κ1) is 19.6. The number of hydrogen-bond donors (Lipinski definition) is 0. The first-order chi connectivity index (χ1) is 14.2. The zero-order valence-corrected chi connectivity index (χ0v) is 16.9. The Morgan fingerprint density at radius 2 is 1.66 bits per heavy atom. The smallest absolute Gasteiger partial charge is 0.163 e. The van der Waals surface area contributed by atoms with Crippen LogP contribution in [0.5, 0.6) is 11.5 Å². The molecule has 1 fully saturated rings. The van der Waals surface area contributed by atoms with Crippen LogP contribution in [0.3, 0.4) is 0 Å². The summed E-state index contributed by atoms with van der Waals surface area (Å²) in [5.74, 6) is 1.25. The van der Waals surface area contributed by atoms with E-state index in [1.807, 2.05) is 41.6 Å². The molecular weight excluding hydrogens is 369 g/mol. The third-order valence-corrected chi connectivity index (χ3v) is 5.46. The van der Waals surface area contributed by atoms with Gasteiger partial charge < -0.3 is 19.3 Å². The zero-order chi connectivity index (χ0) is 20.1. The van der Waals surface area contributed by atoms with Gasteiger partial charge in [0, 0.05) is 36.4 Å². The SMILES string of the molecule is COc1ccc(N2C=CN(c3cccc(F)c3)C2)cc1OCCN1CCCCC1. The molecule has 0 aliphatic carbocycles. The van der Waals surface area contributed by atoms with Crippen molar-refractivity contribution in [3.63, 3.8) is 0 Å². The molecule has 0 radical (unpaired) electrons. The summed E-state index contributed by atoms with van der Waals surface area (Å²) in [6, 6.07) is 12.6. The quantitative estimate of drug-likeness (QED) is 0.688. The Labute approximate surface area is 171 Å². The molecular formula is C23H28FN3O2. The van der Waals surface area contributed by atoms with Gasteiger partial charge in [-0.15, -0.1) is 0 Å². The molecule has 2 aromatic rings. The lowest BCUT2D eigenvalue weighted by molar-refractivity contribution is 0.180. The van der Waals surface area contributed by atoms with E-state index in [2.05, 4.69) is 9.80 Å². The third kappa shape index (κ3) is 4.82. The lowest BCUT2D eigenvalue weighted by Gasteiger charge is -2.26. The normalized spacial score (nSPS) is 17.0.